The SMILES string of the molecule is CC(=O)NCC[N+]1(C)CCN=C1C.CC1=NCC[N+]1(C)CCNC(=O)CCCO. The maximum absolute atomic E-state index is 11.3. The van der Waals surface area contributed by atoms with Crippen molar-refractivity contribution in [3.05, 3.63) is 0 Å². The molecule has 0 bridgehead atoms. The van der Waals surface area contributed by atoms with Gasteiger partial charge >= 0.3 is 0 Å². The topological polar surface area (TPSA) is 103 Å². The molecule has 2 amide bonds. The fraction of sp³-hybridized carbons (Fsp3) is 0.800. The minimum absolute atomic E-state index is 0.0226. The maximum Gasteiger partial charge on any atom is 0.220 e. The lowest BCUT2D eigenvalue weighted by Crippen LogP contribution is -2.50. The van der Waals surface area contributed by atoms with E-state index in [0.29, 0.717) is 19.4 Å². The first-order valence-corrected chi connectivity index (χ1v) is 10.5. The minimum Gasteiger partial charge on any atom is -0.396 e. The van der Waals surface area contributed by atoms with Crippen LogP contribution >= 0.6 is 0 Å². The van der Waals surface area contributed by atoms with Crippen LogP contribution in [0, 0.1) is 0 Å². The predicted molar refractivity (Wildman–Crippen MR) is 116 cm³/mol. The molecule has 2 aliphatic rings. The second-order valence-corrected chi connectivity index (χ2v) is 8.20. The van der Waals surface area contributed by atoms with Crippen LogP contribution in [0.4, 0.5) is 0 Å². The van der Waals surface area contributed by atoms with Crippen molar-refractivity contribution >= 4 is 23.5 Å². The van der Waals surface area contributed by atoms with Crippen molar-refractivity contribution in [2.75, 3.05) is 73.1 Å². The van der Waals surface area contributed by atoms with Gasteiger partial charge < -0.3 is 15.7 Å². The third kappa shape index (κ3) is 8.59. The second-order valence-electron chi connectivity index (χ2n) is 8.20. The normalized spacial score (nSPS) is 25.6. The van der Waals surface area contributed by atoms with Gasteiger partial charge in [-0.05, 0) is 6.42 Å². The molecule has 2 unspecified atom stereocenters. The summed E-state index contributed by atoms with van der Waals surface area (Å²) in [4.78, 5) is 30.7. The van der Waals surface area contributed by atoms with Crippen molar-refractivity contribution in [3.8, 4) is 0 Å². The Balaban J connectivity index is 0.000000296. The zero-order chi connectivity index (χ0) is 21.9. The highest BCUT2D eigenvalue weighted by molar-refractivity contribution is 5.76. The number of hydrogen-bond acceptors (Lipinski definition) is 5. The van der Waals surface area contributed by atoms with Gasteiger partial charge in [0.1, 0.15) is 26.2 Å². The molecule has 29 heavy (non-hydrogen) atoms. The van der Waals surface area contributed by atoms with Gasteiger partial charge in [-0.25, -0.2) is 9.98 Å². The fourth-order valence-corrected chi connectivity index (χ4v) is 3.33. The number of nitrogens with zero attached hydrogens (tertiary/aromatic N) is 4. The Hall–Kier alpha value is -1.84. The summed E-state index contributed by atoms with van der Waals surface area (Å²) in [5.41, 5.74) is 0. The summed E-state index contributed by atoms with van der Waals surface area (Å²) in [6, 6.07) is 0. The number of aliphatic hydroxyl groups excluding tert-OH is 1. The first-order valence-electron chi connectivity index (χ1n) is 10.5. The van der Waals surface area contributed by atoms with E-state index in [4.69, 9.17) is 5.11 Å². The monoisotopic (exact) mass is 412 g/mol. The van der Waals surface area contributed by atoms with E-state index in [1.165, 1.54) is 5.84 Å². The summed E-state index contributed by atoms with van der Waals surface area (Å²) in [5.74, 6) is 2.38. The number of hydrogen-bond donors (Lipinski definition) is 3. The second kappa shape index (κ2) is 12.0. The maximum atomic E-state index is 11.3. The van der Waals surface area contributed by atoms with Gasteiger partial charge in [0.25, 0.3) is 0 Å². The van der Waals surface area contributed by atoms with Gasteiger partial charge in [0, 0.05) is 33.8 Å². The van der Waals surface area contributed by atoms with Crippen LogP contribution in [0.15, 0.2) is 9.98 Å². The molecule has 0 spiro atoms. The van der Waals surface area contributed by atoms with Crippen LogP contribution < -0.4 is 10.6 Å². The highest BCUT2D eigenvalue weighted by atomic mass is 16.3. The molecule has 9 heteroatoms. The third-order valence-electron chi connectivity index (χ3n) is 5.90. The molecule has 3 N–H and O–H groups in total. The molecular weight excluding hydrogens is 372 g/mol. The Kier molecular flexibility index (Phi) is 10.4. The summed E-state index contributed by atoms with van der Waals surface area (Å²) in [5, 5.41) is 14.3. The van der Waals surface area contributed by atoms with Gasteiger partial charge in [-0.1, -0.05) is 0 Å². The number of nitrogens with one attached hydrogen (secondary N) is 2. The van der Waals surface area contributed by atoms with E-state index in [-0.39, 0.29) is 18.4 Å². The summed E-state index contributed by atoms with van der Waals surface area (Å²) >= 11 is 0. The van der Waals surface area contributed by atoms with E-state index in [9.17, 15) is 9.59 Å². The number of amides is 2. The first-order chi connectivity index (χ1) is 13.6. The largest absolute Gasteiger partial charge is 0.396 e. The Morgan fingerprint density at radius 3 is 1.83 bits per heavy atom. The Morgan fingerprint density at radius 1 is 0.966 bits per heavy atom. The molecule has 0 aromatic carbocycles. The van der Waals surface area contributed by atoms with Crippen molar-refractivity contribution in [1.82, 2.24) is 10.6 Å². The van der Waals surface area contributed by atoms with E-state index in [1.807, 2.05) is 6.92 Å². The molecule has 2 rings (SSSR count). The van der Waals surface area contributed by atoms with Gasteiger partial charge in [0.05, 0.1) is 40.3 Å². The lowest BCUT2D eigenvalue weighted by Gasteiger charge is -2.28. The van der Waals surface area contributed by atoms with Crippen LogP contribution in [-0.2, 0) is 9.59 Å². The molecule has 0 saturated heterocycles. The zero-order valence-corrected chi connectivity index (χ0v) is 18.8. The molecule has 0 aliphatic carbocycles. The van der Waals surface area contributed by atoms with Crippen molar-refractivity contribution in [2.24, 2.45) is 9.98 Å². The van der Waals surface area contributed by atoms with Gasteiger partial charge in [0.15, 0.2) is 11.7 Å². The van der Waals surface area contributed by atoms with E-state index in [2.05, 4.69) is 41.6 Å². The molecule has 2 heterocycles. The lowest BCUT2D eigenvalue weighted by atomic mass is 10.3. The molecule has 0 aromatic rings. The number of quaternary nitrogens is 2. The minimum atomic E-state index is 0.0226. The number of amidine groups is 2. The number of aliphatic imine (C=N–C) groups is 2. The van der Waals surface area contributed by atoms with Crippen molar-refractivity contribution < 1.29 is 23.7 Å². The molecule has 9 nitrogen and oxygen atoms in total. The van der Waals surface area contributed by atoms with Gasteiger partial charge in [-0.15, -0.1) is 0 Å². The lowest BCUT2D eigenvalue weighted by molar-refractivity contribution is -0.813. The van der Waals surface area contributed by atoms with Crippen LogP contribution in [0.2, 0.25) is 0 Å². The fourth-order valence-electron chi connectivity index (χ4n) is 3.33. The van der Waals surface area contributed by atoms with Gasteiger partial charge in [0.2, 0.25) is 11.8 Å². The van der Waals surface area contributed by atoms with Crippen LogP contribution in [0.25, 0.3) is 0 Å². The Morgan fingerprint density at radius 2 is 1.45 bits per heavy atom. The molecule has 0 radical (unpaired) electrons. The van der Waals surface area contributed by atoms with Crippen molar-refractivity contribution in [3.63, 3.8) is 0 Å². The zero-order valence-electron chi connectivity index (χ0n) is 18.8. The van der Waals surface area contributed by atoms with E-state index < -0.39 is 0 Å². The quantitative estimate of drug-likeness (QED) is 0.455. The third-order valence-corrected chi connectivity index (χ3v) is 5.90. The molecule has 166 valence electrons. The average molecular weight is 413 g/mol. The van der Waals surface area contributed by atoms with Gasteiger partial charge in [-0.3, -0.25) is 18.6 Å². The van der Waals surface area contributed by atoms with Crippen LogP contribution in [-0.4, -0.2) is 111 Å². The smallest absolute Gasteiger partial charge is 0.220 e. The highest BCUT2D eigenvalue weighted by Crippen LogP contribution is 2.11. The Labute approximate surface area is 175 Å². The molecule has 2 atom stereocenters. The number of rotatable bonds is 9. The van der Waals surface area contributed by atoms with Crippen LogP contribution in [0.1, 0.15) is 33.6 Å². The van der Waals surface area contributed by atoms with Crippen molar-refractivity contribution in [1.29, 1.82) is 0 Å². The van der Waals surface area contributed by atoms with E-state index in [1.54, 1.807) is 6.92 Å². The number of carbonyl (C=O) groups excluding carboxylic acids is 2. The highest BCUT2D eigenvalue weighted by Gasteiger charge is 2.30. The van der Waals surface area contributed by atoms with Crippen molar-refractivity contribution in [2.45, 2.75) is 33.6 Å². The molecule has 0 saturated carbocycles. The number of likely N-dealkylation sites (N-methyl/N-ethyl adjacent to an activating group) is 2. The van der Waals surface area contributed by atoms with E-state index >= 15 is 0 Å². The summed E-state index contributed by atoms with van der Waals surface area (Å²) < 4.78 is 1.71. The molecule has 0 fully saturated rings. The first kappa shape index (κ1) is 25.2. The predicted octanol–water partition coefficient (Wildman–Crippen LogP) is -0.245. The van der Waals surface area contributed by atoms with Crippen LogP contribution in [0.3, 0.4) is 0 Å². The summed E-state index contributed by atoms with van der Waals surface area (Å²) in [7, 11) is 4.30. The van der Waals surface area contributed by atoms with Crippen LogP contribution in [0.5, 0.6) is 0 Å². The standard InChI is InChI=1S/C11H21N3O2.C9H17N3O/c1-10-12-5-7-14(10,2)8-6-13-11(16)4-3-9-15;1-8-10-4-6-12(8,3)7-5-11-9(2)13/h15H,3-9H2,1-2H3;4-7H2,1-3H3/p+2. The Bertz CT molecular complexity index is 621. The molecular formula is C20H40N6O3+2. The number of aliphatic hydroxyl groups is 1. The molecule has 0 aromatic heterocycles. The number of carbonyl (C=O) groups is 2. The summed E-state index contributed by atoms with van der Waals surface area (Å²) in [6.07, 6.45) is 0.950. The summed E-state index contributed by atoms with van der Waals surface area (Å²) in [6.45, 7) is 12.9. The van der Waals surface area contributed by atoms with E-state index in [0.717, 1.165) is 60.6 Å². The molecule has 2 aliphatic heterocycles. The average Bonchev–Trinajstić information content (AvgIpc) is 3.15. The van der Waals surface area contributed by atoms with Gasteiger partial charge in [-0.2, -0.15) is 0 Å².